The van der Waals surface area contributed by atoms with Crippen molar-refractivity contribution in [1.29, 1.82) is 0 Å². The van der Waals surface area contributed by atoms with E-state index in [1.807, 2.05) is 18.8 Å². The summed E-state index contributed by atoms with van der Waals surface area (Å²) in [5.74, 6) is 5.79. The van der Waals surface area contributed by atoms with Crippen LogP contribution < -0.4 is 11.3 Å². The molecule has 6 nitrogen and oxygen atoms in total. The van der Waals surface area contributed by atoms with E-state index >= 15 is 0 Å². The average molecular weight is 302 g/mol. The van der Waals surface area contributed by atoms with Crippen LogP contribution in [0.3, 0.4) is 0 Å². The quantitative estimate of drug-likeness (QED) is 0.584. The smallest absolute Gasteiger partial charge is 0.0933 e. The summed E-state index contributed by atoms with van der Waals surface area (Å²) < 4.78 is 7.66. The van der Waals surface area contributed by atoms with Gasteiger partial charge in [0.15, 0.2) is 0 Å². The van der Waals surface area contributed by atoms with Gasteiger partial charge in [0.05, 0.1) is 35.1 Å². The molecule has 20 heavy (non-hydrogen) atoms. The highest BCUT2D eigenvalue weighted by Gasteiger charge is 2.47. The van der Waals surface area contributed by atoms with Gasteiger partial charge in [-0.25, -0.2) is 5.43 Å². The Hall–Kier alpha value is -0.660. The van der Waals surface area contributed by atoms with Crippen molar-refractivity contribution in [1.82, 2.24) is 20.1 Å². The van der Waals surface area contributed by atoms with E-state index < -0.39 is 0 Å². The highest BCUT2D eigenvalue weighted by molar-refractivity contribution is 6.31. The molecule has 0 aromatic carbocycles. The van der Waals surface area contributed by atoms with Crippen molar-refractivity contribution in [3.05, 3.63) is 16.9 Å². The number of nitrogens with two attached hydrogens (primary N) is 1. The molecule has 0 amide bonds. The monoisotopic (exact) mass is 301 g/mol. The van der Waals surface area contributed by atoms with Crippen LogP contribution in [0, 0.1) is 0 Å². The van der Waals surface area contributed by atoms with Crippen LogP contribution in [0.4, 0.5) is 0 Å². The molecule has 1 saturated carbocycles. The molecule has 1 aromatic heterocycles. The number of hydrazine groups is 1. The highest BCUT2D eigenvalue weighted by atomic mass is 35.5. The number of ether oxygens (including phenoxy) is 1. The van der Waals surface area contributed by atoms with E-state index in [0.717, 1.165) is 38.0 Å². The molecule has 1 fully saturated rings. The lowest BCUT2D eigenvalue weighted by molar-refractivity contribution is -0.102. The number of methoxy groups -OCH3 is 1. The van der Waals surface area contributed by atoms with Crippen LogP contribution in [0.1, 0.15) is 31.0 Å². The predicted molar refractivity (Wildman–Crippen MR) is 79.4 cm³/mol. The molecule has 114 valence electrons. The van der Waals surface area contributed by atoms with Crippen molar-refractivity contribution in [2.24, 2.45) is 5.84 Å². The lowest BCUT2D eigenvalue weighted by atomic mass is 9.73. The summed E-state index contributed by atoms with van der Waals surface area (Å²) in [5, 5.41) is 5.00. The summed E-state index contributed by atoms with van der Waals surface area (Å²) in [4.78, 5) is 2.11. The van der Waals surface area contributed by atoms with Gasteiger partial charge in [-0.2, -0.15) is 5.10 Å². The largest absolute Gasteiger partial charge is 0.376 e. The lowest BCUT2D eigenvalue weighted by Crippen LogP contribution is -2.53. The fourth-order valence-electron chi connectivity index (χ4n) is 2.75. The van der Waals surface area contributed by atoms with E-state index in [1.165, 1.54) is 0 Å². The summed E-state index contributed by atoms with van der Waals surface area (Å²) in [7, 11) is 5.80. The molecule has 7 heteroatoms. The second kappa shape index (κ2) is 6.41. The number of hydrogen-bond acceptors (Lipinski definition) is 5. The van der Waals surface area contributed by atoms with E-state index in [0.29, 0.717) is 5.02 Å². The second-order valence-electron chi connectivity index (χ2n) is 5.63. The highest BCUT2D eigenvalue weighted by Crippen LogP contribution is 2.45. The minimum atomic E-state index is -0.270. The molecule has 1 heterocycles. The van der Waals surface area contributed by atoms with Crippen molar-refractivity contribution in [2.45, 2.75) is 37.5 Å². The molecule has 1 aliphatic carbocycles. The number of aromatic nitrogens is 2. The van der Waals surface area contributed by atoms with Gasteiger partial charge < -0.3 is 9.64 Å². The van der Waals surface area contributed by atoms with E-state index in [4.69, 9.17) is 22.2 Å². The lowest BCUT2D eigenvalue weighted by Gasteiger charge is -2.46. The maximum absolute atomic E-state index is 6.33. The van der Waals surface area contributed by atoms with Gasteiger partial charge in [-0.3, -0.25) is 10.5 Å². The zero-order chi connectivity index (χ0) is 14.8. The van der Waals surface area contributed by atoms with Gasteiger partial charge in [-0.05, 0) is 33.4 Å². The van der Waals surface area contributed by atoms with Gasteiger partial charge in [0.2, 0.25) is 0 Å². The van der Waals surface area contributed by atoms with E-state index in [2.05, 4.69) is 15.4 Å². The van der Waals surface area contributed by atoms with Crippen molar-refractivity contribution >= 4 is 11.6 Å². The van der Waals surface area contributed by atoms with Crippen molar-refractivity contribution < 1.29 is 4.74 Å². The minimum absolute atomic E-state index is 0.140. The predicted octanol–water partition coefficient (Wildman–Crippen LogP) is 1.17. The van der Waals surface area contributed by atoms with E-state index in [-0.39, 0.29) is 11.6 Å². The number of hydrogen-bond donors (Lipinski definition) is 2. The number of halogens is 1. The molecule has 3 N–H and O–H groups in total. The zero-order valence-electron chi connectivity index (χ0n) is 12.4. The van der Waals surface area contributed by atoms with Crippen LogP contribution >= 0.6 is 11.6 Å². The third-order valence-corrected chi connectivity index (χ3v) is 4.46. The molecule has 0 radical (unpaired) electrons. The van der Waals surface area contributed by atoms with Gasteiger partial charge in [-0.1, -0.05) is 11.6 Å². The fourth-order valence-corrected chi connectivity index (χ4v) is 3.00. The third kappa shape index (κ3) is 2.84. The Kier molecular flexibility index (Phi) is 5.04. The first-order chi connectivity index (χ1) is 9.54. The molecule has 1 aromatic rings. The van der Waals surface area contributed by atoms with Crippen LogP contribution in [0.15, 0.2) is 6.20 Å². The second-order valence-corrected chi connectivity index (χ2v) is 6.03. The van der Waals surface area contributed by atoms with Gasteiger partial charge >= 0.3 is 0 Å². The molecule has 0 saturated heterocycles. The summed E-state index contributed by atoms with van der Waals surface area (Å²) in [6, 6.07) is -0.140. The van der Waals surface area contributed by atoms with Gasteiger partial charge in [0.1, 0.15) is 0 Å². The number of likely N-dealkylation sites (N-methyl/N-ethyl adjacent to an activating group) is 1. The Morgan fingerprint density at radius 2 is 2.30 bits per heavy atom. The van der Waals surface area contributed by atoms with Crippen LogP contribution in [-0.2, 0) is 11.3 Å². The van der Waals surface area contributed by atoms with Crippen molar-refractivity contribution in [3.63, 3.8) is 0 Å². The summed E-state index contributed by atoms with van der Waals surface area (Å²) >= 11 is 6.33. The molecule has 1 aliphatic rings. The van der Waals surface area contributed by atoms with Gasteiger partial charge in [-0.15, -0.1) is 0 Å². The fraction of sp³-hybridized carbons (Fsp3) is 0.769. The first kappa shape index (κ1) is 15.7. The van der Waals surface area contributed by atoms with Crippen LogP contribution in [0.5, 0.6) is 0 Å². The maximum Gasteiger partial charge on any atom is 0.0933 e. The molecule has 2 rings (SSSR count). The van der Waals surface area contributed by atoms with E-state index in [9.17, 15) is 0 Å². The Labute approximate surface area is 125 Å². The summed E-state index contributed by atoms with van der Waals surface area (Å²) in [5.41, 5.74) is 3.53. The maximum atomic E-state index is 6.33. The molecular weight excluding hydrogens is 278 g/mol. The van der Waals surface area contributed by atoms with Gasteiger partial charge in [0, 0.05) is 13.7 Å². The number of rotatable bonds is 7. The Morgan fingerprint density at radius 3 is 2.75 bits per heavy atom. The molecule has 0 bridgehead atoms. The molecule has 0 spiro atoms. The average Bonchev–Trinajstić information content (AvgIpc) is 2.72. The summed E-state index contributed by atoms with van der Waals surface area (Å²) in [6.07, 6.45) is 4.79. The molecule has 1 atom stereocenters. The summed E-state index contributed by atoms with van der Waals surface area (Å²) in [6.45, 7) is 1.66. The topological polar surface area (TPSA) is 68.3 Å². The first-order valence-electron chi connectivity index (χ1n) is 6.91. The van der Waals surface area contributed by atoms with Crippen LogP contribution in [0.25, 0.3) is 0 Å². The van der Waals surface area contributed by atoms with Gasteiger partial charge in [0.25, 0.3) is 0 Å². The molecular formula is C13H24ClN5O. The third-order valence-electron chi connectivity index (χ3n) is 4.16. The van der Waals surface area contributed by atoms with Crippen molar-refractivity contribution in [3.8, 4) is 0 Å². The molecule has 0 aliphatic heterocycles. The SMILES string of the molecule is COC1(C(NN)c2c(Cl)cnn2CCN(C)C)CCC1. The first-order valence-corrected chi connectivity index (χ1v) is 7.29. The standard InChI is InChI=1S/C13H24ClN5O/c1-18(2)7-8-19-11(10(14)9-16-19)12(17-15)13(20-3)5-4-6-13/h9,12,17H,4-8,15H2,1-3H3. The molecule has 1 unspecified atom stereocenters. The van der Waals surface area contributed by atoms with Crippen LogP contribution in [-0.4, -0.2) is 48.0 Å². The Balaban J connectivity index is 2.27. The number of nitrogens with one attached hydrogen (secondary N) is 1. The van der Waals surface area contributed by atoms with E-state index in [1.54, 1.807) is 13.3 Å². The Morgan fingerprint density at radius 1 is 1.60 bits per heavy atom. The minimum Gasteiger partial charge on any atom is -0.376 e. The number of nitrogens with zero attached hydrogens (tertiary/aromatic N) is 3. The zero-order valence-corrected chi connectivity index (χ0v) is 13.2. The van der Waals surface area contributed by atoms with Crippen LogP contribution in [0.2, 0.25) is 5.02 Å². The normalized spacial score (nSPS) is 19.1. The Bertz CT molecular complexity index is 438. The van der Waals surface area contributed by atoms with Crippen molar-refractivity contribution in [2.75, 3.05) is 27.7 Å².